The summed E-state index contributed by atoms with van der Waals surface area (Å²) in [5.41, 5.74) is 0. The van der Waals surface area contributed by atoms with Crippen molar-refractivity contribution < 1.29 is 24.5 Å². The summed E-state index contributed by atoms with van der Waals surface area (Å²) in [6.45, 7) is 3.12. The molecule has 0 aromatic heterocycles. The summed E-state index contributed by atoms with van der Waals surface area (Å²) in [6, 6.07) is -1.88. The number of hydrogen-bond donors (Lipinski definition) is 4. The molecule has 0 aliphatic heterocycles. The van der Waals surface area contributed by atoms with Crippen LogP contribution in [-0.2, 0) is 9.53 Å². The summed E-state index contributed by atoms with van der Waals surface area (Å²) in [6.07, 6.45) is 2.76. The van der Waals surface area contributed by atoms with Crippen LogP contribution < -0.4 is 10.6 Å². The Morgan fingerprint density at radius 2 is 1.94 bits per heavy atom. The molecule has 18 heavy (non-hydrogen) atoms. The SMILES string of the molecule is CCCCOCCCNC(=O)N[C@H](CO)C(=O)O. The molecule has 0 aromatic rings. The zero-order chi connectivity index (χ0) is 13.8. The first-order chi connectivity index (χ1) is 8.61. The summed E-state index contributed by atoms with van der Waals surface area (Å²) < 4.78 is 5.29. The Balaban J connectivity index is 3.50. The van der Waals surface area contributed by atoms with Gasteiger partial charge >= 0.3 is 12.0 Å². The van der Waals surface area contributed by atoms with Crippen LogP contribution in [0.2, 0.25) is 0 Å². The van der Waals surface area contributed by atoms with Crippen molar-refractivity contribution in [3.8, 4) is 0 Å². The van der Waals surface area contributed by atoms with Crippen LogP contribution in [0.25, 0.3) is 0 Å². The third-order valence-corrected chi connectivity index (χ3v) is 2.18. The second-order valence-electron chi connectivity index (χ2n) is 3.79. The van der Waals surface area contributed by atoms with Gasteiger partial charge in [-0.3, -0.25) is 0 Å². The van der Waals surface area contributed by atoms with Gasteiger partial charge < -0.3 is 25.6 Å². The van der Waals surface area contributed by atoms with Crippen LogP contribution in [0.1, 0.15) is 26.2 Å². The van der Waals surface area contributed by atoms with Crippen LogP contribution in [-0.4, -0.2) is 54.6 Å². The number of aliphatic carboxylic acids is 1. The van der Waals surface area contributed by atoms with Crippen LogP contribution in [0.5, 0.6) is 0 Å². The van der Waals surface area contributed by atoms with Gasteiger partial charge in [0.1, 0.15) is 0 Å². The minimum Gasteiger partial charge on any atom is -0.480 e. The summed E-state index contributed by atoms with van der Waals surface area (Å²) in [7, 11) is 0. The average Bonchev–Trinajstić information content (AvgIpc) is 2.34. The zero-order valence-electron chi connectivity index (χ0n) is 10.6. The van der Waals surface area contributed by atoms with E-state index in [0.717, 1.165) is 12.8 Å². The van der Waals surface area contributed by atoms with Gasteiger partial charge in [-0.15, -0.1) is 0 Å². The van der Waals surface area contributed by atoms with Gasteiger partial charge in [-0.25, -0.2) is 9.59 Å². The number of aliphatic hydroxyl groups excluding tert-OH is 1. The topological polar surface area (TPSA) is 108 Å². The summed E-state index contributed by atoms with van der Waals surface area (Å²) >= 11 is 0. The van der Waals surface area contributed by atoms with Crippen molar-refractivity contribution in [2.24, 2.45) is 0 Å². The third-order valence-electron chi connectivity index (χ3n) is 2.18. The van der Waals surface area contributed by atoms with E-state index >= 15 is 0 Å². The Morgan fingerprint density at radius 1 is 1.28 bits per heavy atom. The number of carboxylic acids is 1. The quantitative estimate of drug-likeness (QED) is 0.412. The Morgan fingerprint density at radius 3 is 2.50 bits per heavy atom. The van der Waals surface area contributed by atoms with E-state index in [-0.39, 0.29) is 0 Å². The van der Waals surface area contributed by atoms with Crippen molar-refractivity contribution >= 4 is 12.0 Å². The van der Waals surface area contributed by atoms with E-state index in [1.54, 1.807) is 0 Å². The first-order valence-corrected chi connectivity index (χ1v) is 6.07. The van der Waals surface area contributed by atoms with Gasteiger partial charge in [0.2, 0.25) is 0 Å². The van der Waals surface area contributed by atoms with E-state index < -0.39 is 24.6 Å². The summed E-state index contributed by atoms with van der Waals surface area (Å²) in [4.78, 5) is 21.7. The maximum absolute atomic E-state index is 11.2. The molecule has 7 nitrogen and oxygen atoms in total. The van der Waals surface area contributed by atoms with E-state index in [4.69, 9.17) is 14.9 Å². The van der Waals surface area contributed by atoms with Gasteiger partial charge in [0.05, 0.1) is 6.61 Å². The van der Waals surface area contributed by atoms with E-state index in [1.165, 1.54) is 0 Å². The fourth-order valence-corrected chi connectivity index (χ4v) is 1.12. The van der Waals surface area contributed by atoms with Gasteiger partial charge in [-0.2, -0.15) is 0 Å². The number of aliphatic hydroxyl groups is 1. The van der Waals surface area contributed by atoms with E-state index in [0.29, 0.717) is 26.2 Å². The maximum Gasteiger partial charge on any atom is 0.328 e. The van der Waals surface area contributed by atoms with Crippen molar-refractivity contribution in [3.05, 3.63) is 0 Å². The smallest absolute Gasteiger partial charge is 0.328 e. The number of amides is 2. The molecule has 4 N–H and O–H groups in total. The molecule has 106 valence electrons. The highest BCUT2D eigenvalue weighted by Crippen LogP contribution is 1.89. The van der Waals surface area contributed by atoms with Crippen molar-refractivity contribution in [1.82, 2.24) is 10.6 Å². The largest absolute Gasteiger partial charge is 0.480 e. The normalized spacial score (nSPS) is 11.9. The molecule has 7 heteroatoms. The second kappa shape index (κ2) is 10.8. The van der Waals surface area contributed by atoms with Gasteiger partial charge in [-0.1, -0.05) is 13.3 Å². The molecule has 1 atom stereocenters. The fraction of sp³-hybridized carbons (Fsp3) is 0.818. The van der Waals surface area contributed by atoms with E-state index in [2.05, 4.69) is 17.6 Å². The summed E-state index contributed by atoms with van der Waals surface area (Å²) in [5, 5.41) is 21.9. The van der Waals surface area contributed by atoms with Gasteiger partial charge in [-0.05, 0) is 12.8 Å². The predicted molar refractivity (Wildman–Crippen MR) is 65.4 cm³/mol. The minimum atomic E-state index is -1.27. The number of carboxylic acid groups (broad SMARTS) is 1. The number of hydrogen-bond acceptors (Lipinski definition) is 4. The van der Waals surface area contributed by atoms with Gasteiger partial charge in [0, 0.05) is 19.8 Å². The maximum atomic E-state index is 11.2. The van der Waals surface area contributed by atoms with Crippen LogP contribution in [0.4, 0.5) is 4.79 Å². The highest BCUT2D eigenvalue weighted by atomic mass is 16.5. The lowest BCUT2D eigenvalue weighted by Gasteiger charge is -2.12. The number of nitrogens with one attached hydrogen (secondary N) is 2. The molecule has 0 heterocycles. The molecule has 2 amide bonds. The molecule has 0 aliphatic rings. The molecule has 0 fully saturated rings. The number of urea groups is 1. The molecule has 0 aromatic carbocycles. The number of carbonyl (C=O) groups is 2. The lowest BCUT2D eigenvalue weighted by Crippen LogP contribution is -2.48. The lowest BCUT2D eigenvalue weighted by atomic mass is 10.3. The fourth-order valence-electron chi connectivity index (χ4n) is 1.12. The van der Waals surface area contributed by atoms with E-state index in [1.807, 2.05) is 0 Å². The van der Waals surface area contributed by atoms with Gasteiger partial charge in [0.15, 0.2) is 6.04 Å². The second-order valence-corrected chi connectivity index (χ2v) is 3.79. The average molecular weight is 262 g/mol. The Hall–Kier alpha value is -1.34. The van der Waals surface area contributed by atoms with Crippen LogP contribution >= 0.6 is 0 Å². The molecule has 0 unspecified atom stereocenters. The lowest BCUT2D eigenvalue weighted by molar-refractivity contribution is -0.140. The van der Waals surface area contributed by atoms with Crippen molar-refractivity contribution in [3.63, 3.8) is 0 Å². The third kappa shape index (κ3) is 8.77. The highest BCUT2D eigenvalue weighted by Gasteiger charge is 2.17. The van der Waals surface area contributed by atoms with Crippen LogP contribution in [0.3, 0.4) is 0 Å². The zero-order valence-corrected chi connectivity index (χ0v) is 10.6. The number of rotatable bonds is 10. The molecular weight excluding hydrogens is 240 g/mol. The first kappa shape index (κ1) is 16.7. The standard InChI is InChI=1S/C11H22N2O5/c1-2-3-6-18-7-4-5-12-11(17)13-9(8-14)10(15)16/h9,14H,2-8H2,1H3,(H,15,16)(H2,12,13,17)/t9-/m1/s1. The monoisotopic (exact) mass is 262 g/mol. The number of unbranched alkanes of at least 4 members (excludes halogenated alkanes) is 1. The predicted octanol–water partition coefficient (Wildman–Crippen LogP) is -0.0621. The summed E-state index contributed by atoms with van der Waals surface area (Å²) in [5.74, 6) is -1.27. The molecule has 0 aliphatic carbocycles. The molecule has 0 saturated heterocycles. The van der Waals surface area contributed by atoms with Crippen LogP contribution in [0, 0.1) is 0 Å². The highest BCUT2D eigenvalue weighted by molar-refractivity contribution is 5.82. The van der Waals surface area contributed by atoms with Crippen molar-refractivity contribution in [2.75, 3.05) is 26.4 Å². The Kier molecular flexibility index (Phi) is 9.99. The molecule has 0 bridgehead atoms. The molecule has 0 radical (unpaired) electrons. The molecule has 0 saturated carbocycles. The Labute approximate surface area is 107 Å². The van der Waals surface area contributed by atoms with Crippen molar-refractivity contribution in [2.45, 2.75) is 32.2 Å². The molecular formula is C11H22N2O5. The van der Waals surface area contributed by atoms with Gasteiger partial charge in [0.25, 0.3) is 0 Å². The minimum absolute atomic E-state index is 0.399. The van der Waals surface area contributed by atoms with E-state index in [9.17, 15) is 9.59 Å². The first-order valence-electron chi connectivity index (χ1n) is 6.07. The van der Waals surface area contributed by atoms with Crippen molar-refractivity contribution in [1.29, 1.82) is 0 Å². The molecule has 0 spiro atoms. The Bertz CT molecular complexity index is 248. The number of ether oxygens (including phenoxy) is 1. The van der Waals surface area contributed by atoms with Crippen LogP contribution in [0.15, 0.2) is 0 Å². The number of carbonyl (C=O) groups excluding carboxylic acids is 1. The molecule has 0 rings (SSSR count).